The second-order valence-electron chi connectivity index (χ2n) is 8.70. The van der Waals surface area contributed by atoms with Gasteiger partial charge >= 0.3 is 0 Å². The van der Waals surface area contributed by atoms with Gasteiger partial charge in [0.25, 0.3) is 0 Å². The lowest BCUT2D eigenvalue weighted by atomic mass is 9.88. The highest BCUT2D eigenvalue weighted by molar-refractivity contribution is 8.02. The Hall–Kier alpha value is 0.324. The van der Waals surface area contributed by atoms with E-state index >= 15 is 0 Å². The first-order valence-corrected chi connectivity index (χ1v) is 15.2. The topological polar surface area (TPSA) is 9.23 Å². The van der Waals surface area contributed by atoms with Gasteiger partial charge in [0.15, 0.2) is 0 Å². The van der Waals surface area contributed by atoms with Crippen molar-refractivity contribution in [1.82, 2.24) is 0 Å². The first kappa shape index (κ1) is 17.4. The summed E-state index contributed by atoms with van der Waals surface area (Å²) in [7, 11) is -2.79. The monoisotopic (exact) mass is 316 g/mol. The predicted molar refractivity (Wildman–Crippen MR) is 95.1 cm³/mol. The normalized spacial score (nSPS) is 26.1. The third kappa shape index (κ3) is 3.91. The molecule has 1 atom stereocenters. The smallest absolute Gasteiger partial charge is 0.241 e. The molecule has 1 aliphatic rings. The van der Waals surface area contributed by atoms with Gasteiger partial charge in [0, 0.05) is 16.5 Å². The van der Waals surface area contributed by atoms with Gasteiger partial charge in [-0.15, -0.1) is 0 Å². The maximum Gasteiger partial charge on any atom is 0.241 e. The van der Waals surface area contributed by atoms with E-state index in [9.17, 15) is 0 Å². The average Bonchev–Trinajstić information content (AvgIpc) is 2.11. The molecule has 0 aromatic carbocycles. The quantitative estimate of drug-likeness (QED) is 0.634. The Morgan fingerprint density at radius 1 is 1.11 bits per heavy atom. The summed E-state index contributed by atoms with van der Waals surface area (Å²) in [6.45, 7) is 21.6. The van der Waals surface area contributed by atoms with Crippen LogP contribution in [0.15, 0.2) is 11.8 Å². The lowest BCUT2D eigenvalue weighted by molar-refractivity contribution is 0.302. The Morgan fingerprint density at radius 2 is 1.63 bits per heavy atom. The van der Waals surface area contributed by atoms with Crippen LogP contribution in [0.5, 0.6) is 0 Å². The number of allylic oxidation sites excluding steroid dienone is 1. The van der Waals surface area contributed by atoms with Crippen LogP contribution >= 0.6 is 11.8 Å². The van der Waals surface area contributed by atoms with Crippen molar-refractivity contribution in [2.45, 2.75) is 70.8 Å². The zero-order valence-corrected chi connectivity index (χ0v) is 17.1. The highest BCUT2D eigenvalue weighted by Gasteiger charge is 2.53. The molecule has 0 aromatic rings. The van der Waals surface area contributed by atoms with Crippen LogP contribution in [0.4, 0.5) is 0 Å². The van der Waals surface area contributed by atoms with Crippen molar-refractivity contribution >= 4 is 28.2 Å². The van der Waals surface area contributed by atoms with Crippen LogP contribution in [0.3, 0.4) is 0 Å². The first-order valence-electron chi connectivity index (χ1n) is 7.31. The van der Waals surface area contributed by atoms with Crippen LogP contribution in [0, 0.1) is 5.41 Å². The number of hydrogen-bond acceptors (Lipinski definition) is 2. The molecule has 0 aliphatic carbocycles. The standard InChI is InChI=1S/C15H32OSSi2/c1-14(2,3)15(18(4,5)6)12-13(10-11-17-15)16-19(7,8)9/h10H,11-12H2,1-9H3. The van der Waals surface area contributed by atoms with Crippen LogP contribution in [0.2, 0.25) is 39.3 Å². The molecule has 112 valence electrons. The third-order valence-corrected chi connectivity index (χ3v) is 12.0. The highest BCUT2D eigenvalue weighted by Crippen LogP contribution is 2.54. The largest absolute Gasteiger partial charge is 0.548 e. The molecular weight excluding hydrogens is 284 g/mol. The van der Waals surface area contributed by atoms with E-state index < -0.39 is 16.4 Å². The van der Waals surface area contributed by atoms with Crippen molar-refractivity contribution in [3.63, 3.8) is 0 Å². The number of rotatable bonds is 3. The summed E-state index contributed by atoms with van der Waals surface area (Å²) in [5.74, 6) is 2.39. The second kappa shape index (κ2) is 5.26. The Balaban J connectivity index is 3.09. The minimum atomic E-state index is -1.49. The van der Waals surface area contributed by atoms with E-state index in [0.29, 0.717) is 9.79 Å². The van der Waals surface area contributed by atoms with Gasteiger partial charge in [-0.3, -0.25) is 0 Å². The van der Waals surface area contributed by atoms with Crippen molar-refractivity contribution in [2.24, 2.45) is 5.41 Å². The van der Waals surface area contributed by atoms with Crippen molar-refractivity contribution in [3.8, 4) is 0 Å². The molecule has 4 heteroatoms. The molecule has 0 spiro atoms. The van der Waals surface area contributed by atoms with Gasteiger partial charge in [0.1, 0.15) is 0 Å². The van der Waals surface area contributed by atoms with Crippen LogP contribution in [0.25, 0.3) is 0 Å². The van der Waals surface area contributed by atoms with Crippen molar-refractivity contribution in [3.05, 3.63) is 11.8 Å². The van der Waals surface area contributed by atoms with E-state index in [1.807, 2.05) is 0 Å². The molecule has 1 nitrogen and oxygen atoms in total. The SMILES string of the molecule is CC(C)(C)C1([Si](C)(C)C)CC(O[Si](C)(C)C)=CCS1. The Morgan fingerprint density at radius 3 is 2.00 bits per heavy atom. The Labute approximate surface area is 126 Å². The molecule has 0 bridgehead atoms. The molecule has 0 saturated heterocycles. The summed E-state index contributed by atoms with van der Waals surface area (Å²) in [5.41, 5.74) is 0.324. The second-order valence-corrected chi connectivity index (χ2v) is 20.2. The van der Waals surface area contributed by atoms with Crippen molar-refractivity contribution < 1.29 is 4.43 Å². The van der Waals surface area contributed by atoms with Gasteiger partial charge in [-0.2, -0.15) is 11.8 Å². The van der Waals surface area contributed by atoms with Crippen molar-refractivity contribution in [2.75, 3.05) is 5.75 Å². The molecule has 19 heavy (non-hydrogen) atoms. The predicted octanol–water partition coefficient (Wildman–Crippen LogP) is 5.52. The average molecular weight is 317 g/mol. The molecule has 0 amide bonds. The fourth-order valence-corrected chi connectivity index (χ4v) is 10.3. The minimum Gasteiger partial charge on any atom is -0.548 e. The molecule has 1 aliphatic heterocycles. The molecule has 1 heterocycles. The van der Waals surface area contributed by atoms with Gasteiger partial charge in [-0.05, 0) is 31.1 Å². The summed E-state index contributed by atoms with van der Waals surface area (Å²) in [6.07, 6.45) is 3.45. The summed E-state index contributed by atoms with van der Waals surface area (Å²) < 4.78 is 6.71. The van der Waals surface area contributed by atoms with Gasteiger partial charge in [0.05, 0.1) is 13.8 Å². The van der Waals surface area contributed by atoms with Gasteiger partial charge in [0.2, 0.25) is 8.32 Å². The summed E-state index contributed by atoms with van der Waals surface area (Å²) in [5, 5.41) is 0. The van der Waals surface area contributed by atoms with E-state index in [2.05, 4.69) is 77.9 Å². The number of hydrogen-bond donors (Lipinski definition) is 0. The molecule has 0 aromatic heterocycles. The van der Waals surface area contributed by atoms with E-state index in [-0.39, 0.29) is 0 Å². The van der Waals surface area contributed by atoms with Crippen LogP contribution in [-0.2, 0) is 4.43 Å². The highest BCUT2D eigenvalue weighted by atomic mass is 32.2. The van der Waals surface area contributed by atoms with E-state index in [1.54, 1.807) is 0 Å². The molecular formula is C15H32OSSi2. The van der Waals surface area contributed by atoms with Crippen LogP contribution in [-0.4, -0.2) is 26.5 Å². The maximum absolute atomic E-state index is 6.33. The van der Waals surface area contributed by atoms with Crippen molar-refractivity contribution in [1.29, 1.82) is 0 Å². The summed E-state index contributed by atoms with van der Waals surface area (Å²) >= 11 is 2.18. The van der Waals surface area contributed by atoms with E-state index in [1.165, 1.54) is 5.76 Å². The Bertz CT molecular complexity index is 342. The lowest BCUT2D eigenvalue weighted by Crippen LogP contribution is -2.59. The lowest BCUT2D eigenvalue weighted by Gasteiger charge is -2.54. The third-order valence-electron chi connectivity index (χ3n) is 3.92. The van der Waals surface area contributed by atoms with Crippen LogP contribution in [0.1, 0.15) is 27.2 Å². The van der Waals surface area contributed by atoms with Gasteiger partial charge < -0.3 is 4.43 Å². The molecule has 0 radical (unpaired) electrons. The molecule has 1 unspecified atom stereocenters. The first-order chi connectivity index (χ1) is 8.29. The summed E-state index contributed by atoms with van der Waals surface area (Å²) in [4.78, 5) is 0. The molecule has 0 N–H and O–H groups in total. The molecule has 1 rings (SSSR count). The minimum absolute atomic E-state index is 0.324. The van der Waals surface area contributed by atoms with E-state index in [0.717, 1.165) is 12.2 Å². The fraction of sp³-hybridized carbons (Fsp3) is 0.867. The fourth-order valence-electron chi connectivity index (χ4n) is 3.20. The van der Waals surface area contributed by atoms with Gasteiger partial charge in [-0.1, -0.05) is 40.4 Å². The summed E-state index contributed by atoms with van der Waals surface area (Å²) in [6, 6.07) is 0. The number of thioether (sulfide) groups is 1. The Kier molecular flexibility index (Phi) is 4.81. The zero-order chi connectivity index (χ0) is 15.1. The zero-order valence-electron chi connectivity index (χ0n) is 14.3. The van der Waals surface area contributed by atoms with Crippen LogP contribution < -0.4 is 0 Å². The van der Waals surface area contributed by atoms with Gasteiger partial charge in [-0.25, -0.2) is 0 Å². The maximum atomic E-state index is 6.33. The van der Waals surface area contributed by atoms with E-state index in [4.69, 9.17) is 4.43 Å². The molecule has 0 fully saturated rings. The molecule has 0 saturated carbocycles.